The summed E-state index contributed by atoms with van der Waals surface area (Å²) in [6.07, 6.45) is 5.35. The van der Waals surface area contributed by atoms with Crippen LogP contribution >= 0.6 is 15.9 Å². The zero-order valence-corrected chi connectivity index (χ0v) is 17.2. The summed E-state index contributed by atoms with van der Waals surface area (Å²) in [4.78, 5) is 28.0. The second-order valence-electron chi connectivity index (χ2n) is 7.25. The maximum Gasteiger partial charge on any atom is 0.254 e. The molecule has 1 aromatic carbocycles. The number of rotatable bonds is 5. The summed E-state index contributed by atoms with van der Waals surface area (Å²) < 4.78 is 16.6. The molecule has 1 saturated heterocycles. The van der Waals surface area contributed by atoms with Crippen molar-refractivity contribution in [3.63, 3.8) is 0 Å². The Morgan fingerprint density at radius 2 is 2.10 bits per heavy atom. The maximum atomic E-state index is 14.3. The van der Waals surface area contributed by atoms with Gasteiger partial charge >= 0.3 is 0 Å². The van der Waals surface area contributed by atoms with Crippen molar-refractivity contribution in [3.05, 3.63) is 51.9 Å². The van der Waals surface area contributed by atoms with Crippen LogP contribution in [0.1, 0.15) is 24.8 Å². The average Bonchev–Trinajstić information content (AvgIpc) is 3.33. The molecule has 3 N–H and O–H groups in total. The van der Waals surface area contributed by atoms with Crippen LogP contribution in [0, 0.1) is 5.82 Å². The lowest BCUT2D eigenvalue weighted by atomic mass is 10.1. The SMILES string of the molecule is O=C1C/C(=C\c2cnn3c(NC4CC4)cc(Nc4ccc(Br)cc4F)nc23)C(=O)N1. The largest absolute Gasteiger partial charge is 0.367 e. The molecule has 3 heterocycles. The van der Waals surface area contributed by atoms with Crippen molar-refractivity contribution in [2.75, 3.05) is 10.6 Å². The molecule has 0 atom stereocenters. The molecule has 1 aliphatic carbocycles. The monoisotopic (exact) mass is 470 g/mol. The molecule has 5 rings (SSSR count). The molecule has 2 aromatic heterocycles. The smallest absolute Gasteiger partial charge is 0.254 e. The predicted molar refractivity (Wildman–Crippen MR) is 113 cm³/mol. The van der Waals surface area contributed by atoms with Crippen LogP contribution in [0.5, 0.6) is 0 Å². The van der Waals surface area contributed by atoms with Crippen LogP contribution < -0.4 is 16.0 Å². The van der Waals surface area contributed by atoms with Crippen molar-refractivity contribution in [1.29, 1.82) is 0 Å². The van der Waals surface area contributed by atoms with Gasteiger partial charge in [0.2, 0.25) is 5.91 Å². The molecular formula is C20H16BrFN6O2. The Bertz CT molecular complexity index is 1230. The number of amides is 2. The van der Waals surface area contributed by atoms with Crippen molar-refractivity contribution in [2.45, 2.75) is 25.3 Å². The van der Waals surface area contributed by atoms with Gasteiger partial charge in [0.15, 0.2) is 5.65 Å². The van der Waals surface area contributed by atoms with E-state index in [0.29, 0.717) is 38.9 Å². The molecule has 2 fully saturated rings. The molecule has 1 aliphatic heterocycles. The number of nitrogens with zero attached hydrogens (tertiary/aromatic N) is 3. The number of halogens is 2. The summed E-state index contributed by atoms with van der Waals surface area (Å²) in [5.41, 5.74) is 1.72. The number of carbonyl (C=O) groups excluding carboxylic acids is 2. The van der Waals surface area contributed by atoms with E-state index < -0.39 is 11.7 Å². The molecule has 152 valence electrons. The van der Waals surface area contributed by atoms with Gasteiger partial charge in [0, 0.05) is 27.7 Å². The number of anilines is 3. The summed E-state index contributed by atoms with van der Waals surface area (Å²) in [5.74, 6) is -0.0282. The Labute approximate surface area is 178 Å². The lowest BCUT2D eigenvalue weighted by Gasteiger charge is -2.12. The number of hydrogen-bond donors (Lipinski definition) is 3. The van der Waals surface area contributed by atoms with E-state index in [1.807, 2.05) is 0 Å². The predicted octanol–water partition coefficient (Wildman–Crippen LogP) is 3.38. The zero-order valence-electron chi connectivity index (χ0n) is 15.6. The number of nitrogens with one attached hydrogen (secondary N) is 3. The van der Waals surface area contributed by atoms with Gasteiger partial charge in [-0.25, -0.2) is 9.37 Å². The van der Waals surface area contributed by atoms with Crippen LogP contribution in [0.4, 0.5) is 21.7 Å². The first kappa shape index (κ1) is 18.7. The molecule has 2 amide bonds. The topological polar surface area (TPSA) is 100 Å². The molecule has 0 radical (unpaired) electrons. The Morgan fingerprint density at radius 3 is 2.80 bits per heavy atom. The fourth-order valence-corrected chi connectivity index (χ4v) is 3.56. The lowest BCUT2D eigenvalue weighted by molar-refractivity contribution is -0.124. The third kappa shape index (κ3) is 3.65. The van der Waals surface area contributed by atoms with E-state index in [1.54, 1.807) is 35.0 Å². The number of fused-ring (bicyclic) bond motifs is 1. The molecule has 2 aliphatic rings. The average molecular weight is 471 g/mol. The highest BCUT2D eigenvalue weighted by molar-refractivity contribution is 9.10. The third-order valence-electron chi connectivity index (χ3n) is 4.85. The van der Waals surface area contributed by atoms with E-state index in [-0.39, 0.29) is 18.0 Å². The fourth-order valence-electron chi connectivity index (χ4n) is 3.22. The Morgan fingerprint density at radius 1 is 1.27 bits per heavy atom. The van der Waals surface area contributed by atoms with E-state index in [1.165, 1.54) is 6.07 Å². The number of hydrogen-bond acceptors (Lipinski definition) is 6. The van der Waals surface area contributed by atoms with E-state index >= 15 is 0 Å². The minimum absolute atomic E-state index is 0.0192. The number of imide groups is 1. The molecular weight excluding hydrogens is 455 g/mol. The van der Waals surface area contributed by atoms with Crippen molar-refractivity contribution in [2.24, 2.45) is 0 Å². The van der Waals surface area contributed by atoms with Gasteiger partial charge < -0.3 is 10.6 Å². The fraction of sp³-hybridized carbons (Fsp3) is 0.200. The van der Waals surface area contributed by atoms with Gasteiger partial charge in [-0.3, -0.25) is 14.9 Å². The van der Waals surface area contributed by atoms with Crippen LogP contribution in [-0.2, 0) is 9.59 Å². The molecule has 30 heavy (non-hydrogen) atoms. The van der Waals surface area contributed by atoms with E-state index in [0.717, 1.165) is 12.8 Å². The molecule has 1 saturated carbocycles. The first-order chi connectivity index (χ1) is 14.5. The highest BCUT2D eigenvalue weighted by Gasteiger charge is 2.25. The normalized spacial score (nSPS) is 17.6. The van der Waals surface area contributed by atoms with Gasteiger partial charge in [-0.15, -0.1) is 0 Å². The van der Waals surface area contributed by atoms with Gasteiger partial charge in [-0.2, -0.15) is 9.61 Å². The van der Waals surface area contributed by atoms with Gasteiger partial charge in [-0.1, -0.05) is 15.9 Å². The van der Waals surface area contributed by atoms with Gasteiger partial charge in [-0.05, 0) is 37.1 Å². The number of carbonyl (C=O) groups is 2. The number of benzene rings is 1. The van der Waals surface area contributed by atoms with Crippen molar-refractivity contribution in [3.8, 4) is 0 Å². The van der Waals surface area contributed by atoms with E-state index in [2.05, 4.69) is 42.0 Å². The summed E-state index contributed by atoms with van der Waals surface area (Å²) in [6, 6.07) is 6.85. The highest BCUT2D eigenvalue weighted by atomic mass is 79.9. The van der Waals surface area contributed by atoms with Crippen molar-refractivity contribution < 1.29 is 14.0 Å². The molecule has 0 bridgehead atoms. The Hall–Kier alpha value is -3.27. The molecule has 0 unspecified atom stereocenters. The zero-order chi connectivity index (χ0) is 20.8. The Kier molecular flexibility index (Phi) is 4.50. The summed E-state index contributed by atoms with van der Waals surface area (Å²) >= 11 is 3.25. The molecule has 8 nitrogen and oxygen atoms in total. The van der Waals surface area contributed by atoms with Crippen LogP contribution in [-0.4, -0.2) is 32.5 Å². The standard InChI is InChI=1S/C20H16BrFN6O2/c21-12-1-4-15(14(22)7-12)25-16-8-17(24-13-2-3-13)28-19(26-16)11(9-23-28)5-10-6-18(29)27-20(10)30/h1,4-5,7-9,13,24H,2-3,6H2,(H,25,26)(H,27,29,30)/b10-5+. The second-order valence-corrected chi connectivity index (χ2v) is 8.17. The molecule has 10 heteroatoms. The van der Waals surface area contributed by atoms with Gasteiger partial charge in [0.25, 0.3) is 5.91 Å². The van der Waals surface area contributed by atoms with Crippen molar-refractivity contribution in [1.82, 2.24) is 19.9 Å². The minimum Gasteiger partial charge on any atom is -0.367 e. The highest BCUT2D eigenvalue weighted by Crippen LogP contribution is 2.29. The minimum atomic E-state index is -0.417. The molecule has 3 aromatic rings. The van der Waals surface area contributed by atoms with Crippen LogP contribution in [0.2, 0.25) is 0 Å². The van der Waals surface area contributed by atoms with E-state index in [9.17, 15) is 14.0 Å². The quantitative estimate of drug-likeness (QED) is 0.390. The third-order valence-corrected chi connectivity index (χ3v) is 5.34. The number of aromatic nitrogens is 3. The first-order valence-electron chi connectivity index (χ1n) is 9.38. The first-order valence-corrected chi connectivity index (χ1v) is 10.2. The van der Waals surface area contributed by atoms with E-state index in [4.69, 9.17) is 0 Å². The van der Waals surface area contributed by atoms with Crippen LogP contribution in [0.25, 0.3) is 11.7 Å². The lowest BCUT2D eigenvalue weighted by Crippen LogP contribution is -2.19. The van der Waals surface area contributed by atoms with Gasteiger partial charge in [0.1, 0.15) is 17.5 Å². The second kappa shape index (κ2) is 7.21. The summed E-state index contributed by atoms with van der Waals surface area (Å²) in [6.45, 7) is 0. The summed E-state index contributed by atoms with van der Waals surface area (Å²) in [5, 5.41) is 13.1. The van der Waals surface area contributed by atoms with Crippen molar-refractivity contribution >= 4 is 56.8 Å². The van der Waals surface area contributed by atoms with Crippen LogP contribution in [0.15, 0.2) is 40.5 Å². The van der Waals surface area contributed by atoms with Crippen LogP contribution in [0.3, 0.4) is 0 Å². The maximum absolute atomic E-state index is 14.3. The summed E-state index contributed by atoms with van der Waals surface area (Å²) in [7, 11) is 0. The van der Waals surface area contributed by atoms with Gasteiger partial charge in [0.05, 0.1) is 18.3 Å². The molecule has 0 spiro atoms. The Balaban J connectivity index is 1.58.